The zero-order chi connectivity index (χ0) is 20.6. The van der Waals surface area contributed by atoms with Gasteiger partial charge in [-0.15, -0.1) is 15.0 Å². The molecule has 0 radical (unpaired) electrons. The Labute approximate surface area is 172 Å². The van der Waals surface area contributed by atoms with E-state index >= 15 is 0 Å². The lowest BCUT2D eigenvalue weighted by atomic mass is 9.92. The van der Waals surface area contributed by atoms with Crippen molar-refractivity contribution in [3.63, 3.8) is 0 Å². The lowest BCUT2D eigenvalue weighted by Crippen LogP contribution is -2.45. The normalized spacial score (nSPS) is 20.1. The first-order valence-electron chi connectivity index (χ1n) is 9.54. The number of tetrazole rings is 1. The summed E-state index contributed by atoms with van der Waals surface area (Å²) in [6.07, 6.45) is 3.10. The third-order valence-electron chi connectivity index (χ3n) is 5.17. The second-order valence-electron chi connectivity index (χ2n) is 7.84. The molecule has 152 valence electrons. The molecule has 0 spiro atoms. The molecule has 1 amide bonds. The summed E-state index contributed by atoms with van der Waals surface area (Å²) >= 11 is 1.22. The molecule has 2 atom stereocenters. The molecule has 2 aromatic heterocycles. The largest absolute Gasteiger partial charge is 0.383 e. The Bertz CT molecular complexity index is 996. The predicted octanol–water partition coefficient (Wildman–Crippen LogP) is 2.15. The van der Waals surface area contributed by atoms with Crippen molar-refractivity contribution in [3.8, 4) is 5.69 Å². The van der Waals surface area contributed by atoms with Crippen molar-refractivity contribution in [1.82, 2.24) is 34.5 Å². The molecule has 0 aliphatic carbocycles. The van der Waals surface area contributed by atoms with E-state index in [4.69, 9.17) is 0 Å². The van der Waals surface area contributed by atoms with Crippen LogP contribution in [0.25, 0.3) is 5.69 Å². The minimum absolute atomic E-state index is 0.0409. The molecule has 1 saturated heterocycles. The number of rotatable bonds is 4. The second-order valence-corrected chi connectivity index (χ2v) is 8.59. The zero-order valence-corrected chi connectivity index (χ0v) is 17.4. The smallest absolute Gasteiger partial charge is 0.256 e. The molecule has 1 N–H and O–H groups in total. The molecule has 1 aromatic carbocycles. The van der Waals surface area contributed by atoms with Crippen molar-refractivity contribution in [2.24, 2.45) is 0 Å². The number of hydrogen-bond donors (Lipinski definition) is 1. The van der Waals surface area contributed by atoms with Gasteiger partial charge in [0.1, 0.15) is 22.1 Å². The van der Waals surface area contributed by atoms with Crippen molar-refractivity contribution < 1.29 is 9.90 Å². The van der Waals surface area contributed by atoms with E-state index in [1.807, 2.05) is 17.0 Å². The maximum Gasteiger partial charge on any atom is 0.256 e. The number of benzene rings is 1. The molecule has 3 aromatic rings. The van der Waals surface area contributed by atoms with Crippen molar-refractivity contribution in [3.05, 3.63) is 47.0 Å². The molecule has 9 nitrogen and oxygen atoms in total. The number of aromatic nitrogens is 6. The first-order valence-corrected chi connectivity index (χ1v) is 10.3. The summed E-state index contributed by atoms with van der Waals surface area (Å²) in [4.78, 5) is 21.2. The van der Waals surface area contributed by atoms with E-state index in [0.29, 0.717) is 28.6 Å². The number of para-hydroxylation sites is 1. The Morgan fingerprint density at radius 1 is 1.28 bits per heavy atom. The van der Waals surface area contributed by atoms with Gasteiger partial charge < -0.3 is 10.0 Å². The van der Waals surface area contributed by atoms with E-state index in [0.717, 1.165) is 12.8 Å². The van der Waals surface area contributed by atoms with Gasteiger partial charge in [0, 0.05) is 18.5 Å². The predicted molar refractivity (Wildman–Crippen MR) is 107 cm³/mol. The highest BCUT2D eigenvalue weighted by Crippen LogP contribution is 2.32. The second kappa shape index (κ2) is 7.60. The SMILES string of the molecule is C[C@@H]1CC[C@@H](c2nsc(C(C)(C)O)n2)CN1C(=O)c1ccccc1-n1ncnn1. The third kappa shape index (κ3) is 3.90. The van der Waals surface area contributed by atoms with Crippen molar-refractivity contribution in [2.45, 2.75) is 51.2 Å². The Hall–Kier alpha value is -2.72. The number of carbonyl (C=O) groups is 1. The summed E-state index contributed by atoms with van der Waals surface area (Å²) in [7, 11) is 0. The average molecular weight is 414 g/mol. The van der Waals surface area contributed by atoms with Gasteiger partial charge in [-0.3, -0.25) is 4.79 Å². The molecule has 29 heavy (non-hydrogen) atoms. The fourth-order valence-electron chi connectivity index (χ4n) is 3.51. The fourth-order valence-corrected chi connectivity index (χ4v) is 4.24. The van der Waals surface area contributed by atoms with Gasteiger partial charge in [0.15, 0.2) is 6.33 Å². The van der Waals surface area contributed by atoms with Crippen LogP contribution in [0.15, 0.2) is 30.6 Å². The Morgan fingerprint density at radius 2 is 2.07 bits per heavy atom. The van der Waals surface area contributed by atoms with E-state index in [-0.39, 0.29) is 17.9 Å². The number of piperidine rings is 1. The van der Waals surface area contributed by atoms with Gasteiger partial charge in [-0.05, 0) is 62.5 Å². The van der Waals surface area contributed by atoms with E-state index in [2.05, 4.69) is 31.7 Å². The molecule has 1 aliphatic heterocycles. The summed E-state index contributed by atoms with van der Waals surface area (Å²) in [5, 5.41) is 22.5. The van der Waals surface area contributed by atoms with Crippen LogP contribution in [-0.2, 0) is 5.60 Å². The average Bonchev–Trinajstić information content (AvgIpc) is 3.40. The number of carbonyl (C=O) groups excluding carboxylic acids is 1. The van der Waals surface area contributed by atoms with E-state index in [1.165, 1.54) is 22.7 Å². The fraction of sp³-hybridized carbons (Fsp3) is 0.474. The van der Waals surface area contributed by atoms with Gasteiger partial charge in [0.25, 0.3) is 5.91 Å². The summed E-state index contributed by atoms with van der Waals surface area (Å²) in [5.74, 6) is 0.662. The first kappa shape index (κ1) is 19.6. The van der Waals surface area contributed by atoms with Crippen molar-refractivity contribution in [1.29, 1.82) is 0 Å². The number of nitrogens with zero attached hydrogens (tertiary/aromatic N) is 7. The molecule has 0 bridgehead atoms. The summed E-state index contributed by atoms with van der Waals surface area (Å²) < 4.78 is 4.46. The van der Waals surface area contributed by atoms with Gasteiger partial charge in [-0.2, -0.15) is 4.37 Å². The van der Waals surface area contributed by atoms with Crippen LogP contribution in [0, 0.1) is 0 Å². The van der Waals surface area contributed by atoms with Crippen LogP contribution < -0.4 is 0 Å². The summed E-state index contributed by atoms with van der Waals surface area (Å²) in [6, 6.07) is 7.36. The maximum atomic E-state index is 13.4. The highest BCUT2D eigenvalue weighted by Gasteiger charge is 2.34. The molecule has 3 heterocycles. The number of hydrogen-bond acceptors (Lipinski definition) is 8. The molecule has 10 heteroatoms. The van der Waals surface area contributed by atoms with E-state index < -0.39 is 5.60 Å². The third-order valence-corrected chi connectivity index (χ3v) is 6.21. The molecular weight excluding hydrogens is 390 g/mol. The summed E-state index contributed by atoms with van der Waals surface area (Å²) in [6.45, 7) is 5.98. The van der Waals surface area contributed by atoms with Crippen molar-refractivity contribution in [2.75, 3.05) is 6.54 Å². The van der Waals surface area contributed by atoms with Crippen LogP contribution in [0.2, 0.25) is 0 Å². The van der Waals surface area contributed by atoms with Crippen molar-refractivity contribution >= 4 is 17.4 Å². The lowest BCUT2D eigenvalue weighted by molar-refractivity contribution is 0.0602. The Kier molecular flexibility index (Phi) is 5.13. The van der Waals surface area contributed by atoms with Gasteiger partial charge in [-0.25, -0.2) is 4.98 Å². The minimum atomic E-state index is -1.02. The van der Waals surface area contributed by atoms with Gasteiger partial charge >= 0.3 is 0 Å². The highest BCUT2D eigenvalue weighted by atomic mass is 32.1. The van der Waals surface area contributed by atoms with E-state index in [9.17, 15) is 9.90 Å². The van der Waals surface area contributed by atoms with Crippen LogP contribution in [0.4, 0.5) is 0 Å². The number of amides is 1. The molecule has 1 aliphatic rings. The molecule has 1 fully saturated rings. The number of likely N-dealkylation sites (tertiary alicyclic amines) is 1. The standard InChI is InChI=1S/C19H23N7O2S/c1-12-8-9-13(16-22-18(29-23-16)19(2,3)28)10-25(12)17(27)14-6-4-5-7-15(14)26-21-11-20-24-26/h4-7,11-13,28H,8-10H2,1-3H3/t12-,13-/m1/s1. The highest BCUT2D eigenvalue weighted by molar-refractivity contribution is 7.05. The van der Waals surface area contributed by atoms with Crippen LogP contribution in [0.3, 0.4) is 0 Å². The summed E-state index contributed by atoms with van der Waals surface area (Å²) in [5.41, 5.74) is 0.110. The zero-order valence-electron chi connectivity index (χ0n) is 16.6. The van der Waals surface area contributed by atoms with Crippen LogP contribution in [0.1, 0.15) is 60.7 Å². The maximum absolute atomic E-state index is 13.4. The topological polar surface area (TPSA) is 110 Å². The monoisotopic (exact) mass is 413 g/mol. The molecule has 4 rings (SSSR count). The van der Waals surface area contributed by atoms with Crippen LogP contribution >= 0.6 is 11.5 Å². The molecule has 0 unspecified atom stereocenters. The minimum Gasteiger partial charge on any atom is -0.383 e. The first-order chi connectivity index (χ1) is 13.8. The Balaban J connectivity index is 1.60. The van der Waals surface area contributed by atoms with Gasteiger partial charge in [-0.1, -0.05) is 12.1 Å². The Morgan fingerprint density at radius 3 is 2.76 bits per heavy atom. The lowest BCUT2D eigenvalue weighted by Gasteiger charge is -2.37. The van der Waals surface area contributed by atoms with Crippen LogP contribution in [-0.4, -0.2) is 58.1 Å². The van der Waals surface area contributed by atoms with E-state index in [1.54, 1.807) is 26.0 Å². The van der Waals surface area contributed by atoms with Gasteiger partial charge in [0.2, 0.25) is 0 Å². The number of aliphatic hydroxyl groups is 1. The van der Waals surface area contributed by atoms with Crippen LogP contribution in [0.5, 0.6) is 0 Å². The molecular formula is C19H23N7O2S. The molecule has 0 saturated carbocycles. The van der Waals surface area contributed by atoms with Gasteiger partial charge in [0.05, 0.1) is 5.56 Å². The quantitative estimate of drug-likeness (QED) is 0.698.